The first-order valence-electron chi connectivity index (χ1n) is 15.6. The molecule has 0 spiro atoms. The van der Waals surface area contributed by atoms with Gasteiger partial charge in [0, 0.05) is 29.9 Å². The van der Waals surface area contributed by atoms with E-state index in [1.165, 1.54) is 29.4 Å². The summed E-state index contributed by atoms with van der Waals surface area (Å²) >= 11 is 1.14. The van der Waals surface area contributed by atoms with Crippen molar-refractivity contribution in [2.45, 2.75) is 57.9 Å². The summed E-state index contributed by atoms with van der Waals surface area (Å²) < 4.78 is 53.9. The lowest BCUT2D eigenvalue weighted by Gasteiger charge is -2.28. The fraction of sp³-hybridized carbons (Fsp3) is 0.500. The predicted molar refractivity (Wildman–Crippen MR) is 177 cm³/mol. The van der Waals surface area contributed by atoms with Crippen LogP contribution in [0.5, 0.6) is 0 Å². The lowest BCUT2D eigenvalue weighted by atomic mass is 9.93. The smallest absolute Gasteiger partial charge is 0.391 e. The number of likely N-dealkylation sites (N-methyl/N-ethyl adjacent to an activating group) is 1. The number of hydrogen-bond acceptors (Lipinski definition) is 10. The molecule has 0 bridgehead atoms. The van der Waals surface area contributed by atoms with Crippen LogP contribution in [0.3, 0.4) is 0 Å². The Morgan fingerprint density at radius 1 is 1.14 bits per heavy atom. The Kier molecular flexibility index (Phi) is 12.9. The molecule has 4 aromatic rings. The number of nitrogens with one attached hydrogen (secondary N) is 1. The van der Waals surface area contributed by atoms with Gasteiger partial charge in [-0.25, -0.2) is 23.6 Å². The SMILES string of the molecule is CCOC1CCC(n2cc(NC(=O)c3csc(-c4cnn(C(C)OP(=O)(O)O)c4)n3)c(-c3nc(F)ccc3F)n2)CC1.C[N+](C)(C)CCO. The summed E-state index contributed by atoms with van der Waals surface area (Å²) in [7, 11) is 1.43. The minimum Gasteiger partial charge on any atom is -0.391 e. The van der Waals surface area contributed by atoms with Gasteiger partial charge in [0.25, 0.3) is 5.91 Å². The number of aliphatic hydroxyl groups excluding tert-OH is 1. The van der Waals surface area contributed by atoms with E-state index in [0.717, 1.165) is 60.2 Å². The third-order valence-electron chi connectivity index (χ3n) is 7.46. The van der Waals surface area contributed by atoms with E-state index in [0.29, 0.717) is 17.2 Å². The molecule has 15 nitrogen and oxygen atoms in total. The van der Waals surface area contributed by atoms with Gasteiger partial charge in [-0.3, -0.25) is 14.0 Å². The Hall–Kier alpha value is -3.48. The second-order valence-electron chi connectivity index (χ2n) is 12.4. The van der Waals surface area contributed by atoms with Gasteiger partial charge in [-0.1, -0.05) is 0 Å². The number of carbonyl (C=O) groups is 1. The molecule has 1 aliphatic carbocycles. The normalized spacial score (nSPS) is 17.3. The maximum absolute atomic E-state index is 14.7. The van der Waals surface area contributed by atoms with E-state index in [4.69, 9.17) is 19.6 Å². The van der Waals surface area contributed by atoms with Gasteiger partial charge < -0.3 is 29.4 Å². The minimum atomic E-state index is -4.73. The van der Waals surface area contributed by atoms with E-state index >= 15 is 0 Å². The van der Waals surface area contributed by atoms with Gasteiger partial charge in [-0.15, -0.1) is 11.3 Å². The van der Waals surface area contributed by atoms with Crippen LogP contribution in [0.4, 0.5) is 14.5 Å². The monoisotopic (exact) mass is 727 g/mol. The lowest BCUT2D eigenvalue weighted by molar-refractivity contribution is -0.870. The summed E-state index contributed by atoms with van der Waals surface area (Å²) in [5, 5.41) is 21.6. The van der Waals surface area contributed by atoms with Crippen LogP contribution in [-0.2, 0) is 13.8 Å². The maximum atomic E-state index is 14.7. The molecular weight excluding hydrogens is 685 g/mol. The number of phosphoric ester groups is 1. The lowest BCUT2D eigenvalue weighted by Crippen LogP contribution is -2.36. The third-order valence-corrected chi connectivity index (χ3v) is 8.93. The molecule has 1 aliphatic rings. The molecule has 0 saturated heterocycles. The summed E-state index contributed by atoms with van der Waals surface area (Å²) in [5.74, 6) is -2.29. The number of phosphoric acid groups is 1. The number of halogens is 2. The van der Waals surface area contributed by atoms with Crippen molar-refractivity contribution >= 4 is 30.8 Å². The van der Waals surface area contributed by atoms with Crippen LogP contribution in [0.25, 0.3) is 22.0 Å². The average molecular weight is 728 g/mol. The molecule has 4 N–H and O–H groups in total. The van der Waals surface area contributed by atoms with Gasteiger partial charge in [0.05, 0.1) is 51.8 Å². The van der Waals surface area contributed by atoms with Gasteiger partial charge >= 0.3 is 7.82 Å². The van der Waals surface area contributed by atoms with E-state index < -0.39 is 31.7 Å². The number of ether oxygens (including phenoxy) is 1. The number of hydrogen-bond donors (Lipinski definition) is 4. The topological polar surface area (TPSA) is 187 Å². The number of aromatic nitrogens is 6. The molecule has 4 aromatic heterocycles. The summed E-state index contributed by atoms with van der Waals surface area (Å²) in [6.45, 7) is 5.11. The fourth-order valence-electron chi connectivity index (χ4n) is 5.03. The molecule has 0 aliphatic heterocycles. The number of nitrogens with zero attached hydrogens (tertiary/aromatic N) is 7. The highest BCUT2D eigenvalue weighted by atomic mass is 32.1. The Labute approximate surface area is 286 Å². The highest BCUT2D eigenvalue weighted by molar-refractivity contribution is 7.46. The Bertz CT molecular complexity index is 1750. The molecule has 19 heteroatoms. The van der Waals surface area contributed by atoms with Crippen LogP contribution >= 0.6 is 19.2 Å². The third kappa shape index (κ3) is 11.0. The maximum Gasteiger partial charge on any atom is 0.471 e. The number of amides is 1. The number of thiazole rings is 1. The van der Waals surface area contributed by atoms with Crippen molar-refractivity contribution in [1.82, 2.24) is 29.5 Å². The van der Waals surface area contributed by atoms with Gasteiger partial charge in [0.1, 0.15) is 28.6 Å². The van der Waals surface area contributed by atoms with Crippen molar-refractivity contribution in [3.05, 3.63) is 53.6 Å². The molecule has 1 amide bonds. The van der Waals surface area contributed by atoms with Crippen molar-refractivity contribution in [2.75, 3.05) is 46.2 Å². The first-order chi connectivity index (χ1) is 23.1. The van der Waals surface area contributed by atoms with Gasteiger partial charge in [-0.2, -0.15) is 14.6 Å². The van der Waals surface area contributed by atoms with E-state index in [1.807, 2.05) is 6.92 Å². The number of carbonyl (C=O) groups excluding carboxylic acids is 1. The molecule has 0 radical (unpaired) electrons. The predicted octanol–water partition coefficient (Wildman–Crippen LogP) is 4.63. The highest BCUT2D eigenvalue weighted by Crippen LogP contribution is 2.40. The van der Waals surface area contributed by atoms with Crippen molar-refractivity contribution < 1.29 is 46.8 Å². The standard InChI is InChI=1S/C25H28F2N7O6PS.C5H14NO/c1-3-39-17-6-4-16(5-7-17)34-12-19(23(32-34)22-18(26)8-9-21(27)31-22)29-24(35)20-13-42-25(30-20)15-10-28-33(11-15)14(2)40-41(36,37)38;1-6(2,3)4-5-7/h8-14,16-17H,3-7H2,1-2H3,(H,29,35)(H2,36,37,38);7H,4-5H2,1-3H3/q;+1. The van der Waals surface area contributed by atoms with Gasteiger partial charge in [0.15, 0.2) is 12.0 Å². The Morgan fingerprint density at radius 3 is 2.47 bits per heavy atom. The minimum absolute atomic E-state index is 0.0111. The molecule has 1 fully saturated rings. The van der Waals surface area contributed by atoms with Gasteiger partial charge in [-0.05, 0) is 51.7 Å². The molecule has 1 unspecified atom stereocenters. The largest absolute Gasteiger partial charge is 0.471 e. The van der Waals surface area contributed by atoms with Crippen molar-refractivity contribution in [2.24, 2.45) is 0 Å². The number of anilines is 1. The summed E-state index contributed by atoms with van der Waals surface area (Å²) in [6.07, 6.45) is 6.76. The first kappa shape index (κ1) is 38.3. The van der Waals surface area contributed by atoms with Crippen LogP contribution in [-0.4, -0.2) is 102 Å². The van der Waals surface area contributed by atoms with E-state index in [1.54, 1.807) is 10.9 Å². The number of pyridine rings is 1. The summed E-state index contributed by atoms with van der Waals surface area (Å²) in [4.78, 5) is 39.3. The van der Waals surface area contributed by atoms with E-state index in [9.17, 15) is 18.1 Å². The van der Waals surface area contributed by atoms with Crippen molar-refractivity contribution in [3.8, 4) is 22.0 Å². The molecule has 0 aromatic carbocycles. The zero-order valence-electron chi connectivity index (χ0n) is 27.9. The molecule has 5 rings (SSSR count). The molecule has 1 saturated carbocycles. The summed E-state index contributed by atoms with van der Waals surface area (Å²) in [6, 6.07) is 1.83. The first-order valence-corrected chi connectivity index (χ1v) is 18.0. The Morgan fingerprint density at radius 2 is 1.86 bits per heavy atom. The van der Waals surface area contributed by atoms with Crippen molar-refractivity contribution in [1.29, 1.82) is 0 Å². The van der Waals surface area contributed by atoms with Crippen LogP contribution in [0, 0.1) is 11.8 Å². The highest BCUT2D eigenvalue weighted by Gasteiger charge is 2.27. The van der Waals surface area contributed by atoms with Crippen LogP contribution < -0.4 is 5.32 Å². The van der Waals surface area contributed by atoms with Gasteiger partial charge in [0.2, 0.25) is 5.95 Å². The molecule has 1 atom stereocenters. The quantitative estimate of drug-likeness (QED) is 0.0906. The second-order valence-corrected chi connectivity index (χ2v) is 14.4. The molecule has 268 valence electrons. The van der Waals surface area contributed by atoms with E-state index in [2.05, 4.69) is 51.1 Å². The Balaban J connectivity index is 0.000000698. The number of quaternary nitrogens is 1. The fourth-order valence-corrected chi connectivity index (χ4v) is 6.30. The average Bonchev–Trinajstić information content (AvgIpc) is 3.78. The molecule has 49 heavy (non-hydrogen) atoms. The second kappa shape index (κ2) is 16.5. The number of rotatable bonds is 12. The van der Waals surface area contributed by atoms with E-state index in [-0.39, 0.29) is 41.5 Å². The van der Waals surface area contributed by atoms with Crippen LogP contribution in [0.2, 0.25) is 0 Å². The molecule has 4 heterocycles. The van der Waals surface area contributed by atoms with Crippen LogP contribution in [0.15, 0.2) is 36.1 Å². The zero-order chi connectivity index (χ0) is 35.9. The molecular formula is C30H42F2N8O7PS+. The van der Waals surface area contributed by atoms with Crippen molar-refractivity contribution in [3.63, 3.8) is 0 Å². The summed E-state index contributed by atoms with van der Waals surface area (Å²) in [5.41, 5.74) is 0.344. The number of aliphatic hydroxyl groups is 1. The zero-order valence-corrected chi connectivity index (χ0v) is 29.6. The van der Waals surface area contributed by atoms with Crippen LogP contribution in [0.1, 0.15) is 62.3 Å².